The standard InChI is InChI=1S/C15H13BrN2O3S/c1-3-6-18-14(20)11(13(19)17-15(18)22)8-9-7-10(16)4-5-12(9)21-2/h3-5,7-8H,1,6H2,2H3,(H,17,19,22)/b11-8+. The number of hydrogen-bond acceptors (Lipinski definition) is 4. The quantitative estimate of drug-likeness (QED) is 0.376. The average molecular weight is 381 g/mol. The number of amides is 2. The zero-order chi connectivity index (χ0) is 16.3. The van der Waals surface area contributed by atoms with Gasteiger partial charge >= 0.3 is 0 Å². The van der Waals surface area contributed by atoms with E-state index in [1.807, 2.05) is 6.07 Å². The normalized spacial score (nSPS) is 16.7. The molecule has 1 aromatic carbocycles. The van der Waals surface area contributed by atoms with E-state index >= 15 is 0 Å². The minimum atomic E-state index is -0.530. The summed E-state index contributed by atoms with van der Waals surface area (Å²) in [5, 5.41) is 2.57. The highest BCUT2D eigenvalue weighted by atomic mass is 79.9. The zero-order valence-corrected chi connectivity index (χ0v) is 14.2. The van der Waals surface area contributed by atoms with E-state index in [2.05, 4.69) is 27.8 Å². The van der Waals surface area contributed by atoms with Gasteiger partial charge in [0.1, 0.15) is 11.3 Å². The lowest BCUT2D eigenvalue weighted by molar-refractivity contribution is -0.128. The van der Waals surface area contributed by atoms with Crippen molar-refractivity contribution in [2.75, 3.05) is 13.7 Å². The molecule has 7 heteroatoms. The molecule has 22 heavy (non-hydrogen) atoms. The summed E-state index contributed by atoms with van der Waals surface area (Å²) in [5.41, 5.74) is 0.605. The minimum Gasteiger partial charge on any atom is -0.496 e. The van der Waals surface area contributed by atoms with Gasteiger partial charge in [0.25, 0.3) is 11.8 Å². The van der Waals surface area contributed by atoms with Crippen LogP contribution in [0, 0.1) is 0 Å². The van der Waals surface area contributed by atoms with Gasteiger partial charge in [-0.15, -0.1) is 6.58 Å². The van der Waals surface area contributed by atoms with Crippen LogP contribution in [-0.4, -0.2) is 35.5 Å². The van der Waals surface area contributed by atoms with E-state index in [0.29, 0.717) is 11.3 Å². The van der Waals surface area contributed by atoms with Gasteiger partial charge in [-0.3, -0.25) is 19.8 Å². The molecule has 2 rings (SSSR count). The predicted octanol–water partition coefficient (Wildman–Crippen LogP) is 2.27. The summed E-state index contributed by atoms with van der Waals surface area (Å²) >= 11 is 8.35. The molecule has 5 nitrogen and oxygen atoms in total. The second kappa shape index (κ2) is 6.85. The number of halogens is 1. The topological polar surface area (TPSA) is 58.6 Å². The molecule has 1 aliphatic heterocycles. The first-order valence-electron chi connectivity index (χ1n) is 6.31. The molecule has 1 fully saturated rings. The van der Waals surface area contributed by atoms with Crippen molar-refractivity contribution in [1.82, 2.24) is 10.2 Å². The van der Waals surface area contributed by atoms with Gasteiger partial charge in [0.05, 0.1) is 7.11 Å². The molecule has 0 radical (unpaired) electrons. The Morgan fingerprint density at radius 2 is 2.18 bits per heavy atom. The van der Waals surface area contributed by atoms with Crippen LogP contribution in [0.15, 0.2) is 40.9 Å². The molecule has 1 aromatic rings. The summed E-state index contributed by atoms with van der Waals surface area (Å²) in [6, 6.07) is 5.31. The molecule has 114 valence electrons. The number of methoxy groups -OCH3 is 1. The van der Waals surface area contributed by atoms with Gasteiger partial charge in [0.2, 0.25) is 0 Å². The molecular formula is C15H13BrN2O3S. The van der Waals surface area contributed by atoms with E-state index < -0.39 is 11.8 Å². The Bertz CT molecular complexity index is 700. The average Bonchev–Trinajstić information content (AvgIpc) is 2.48. The van der Waals surface area contributed by atoms with E-state index in [1.54, 1.807) is 18.2 Å². The van der Waals surface area contributed by atoms with Crippen molar-refractivity contribution in [3.63, 3.8) is 0 Å². The Morgan fingerprint density at radius 3 is 2.82 bits per heavy atom. The van der Waals surface area contributed by atoms with E-state index in [4.69, 9.17) is 17.0 Å². The number of hydrogen-bond donors (Lipinski definition) is 1. The third-order valence-corrected chi connectivity index (χ3v) is 3.80. The zero-order valence-electron chi connectivity index (χ0n) is 11.8. The van der Waals surface area contributed by atoms with Crippen LogP contribution in [0.25, 0.3) is 6.08 Å². The Kier molecular flexibility index (Phi) is 5.10. The van der Waals surface area contributed by atoms with Crippen LogP contribution in [0.2, 0.25) is 0 Å². The van der Waals surface area contributed by atoms with E-state index in [1.165, 1.54) is 18.1 Å². The summed E-state index contributed by atoms with van der Waals surface area (Å²) in [6.07, 6.45) is 3.03. The van der Waals surface area contributed by atoms with Crippen molar-refractivity contribution in [2.45, 2.75) is 0 Å². The maximum atomic E-state index is 12.4. The molecule has 0 spiro atoms. The van der Waals surface area contributed by atoms with Crippen LogP contribution < -0.4 is 10.1 Å². The molecule has 0 aromatic heterocycles. The summed E-state index contributed by atoms with van der Waals surface area (Å²) in [4.78, 5) is 25.8. The fourth-order valence-electron chi connectivity index (χ4n) is 1.96. The number of ether oxygens (including phenoxy) is 1. The van der Waals surface area contributed by atoms with Gasteiger partial charge in [0, 0.05) is 16.6 Å². The van der Waals surface area contributed by atoms with Crippen molar-refractivity contribution in [2.24, 2.45) is 0 Å². The van der Waals surface area contributed by atoms with Gasteiger partial charge < -0.3 is 4.74 Å². The van der Waals surface area contributed by atoms with Crippen LogP contribution in [0.1, 0.15) is 5.56 Å². The Morgan fingerprint density at radius 1 is 1.45 bits per heavy atom. The maximum absolute atomic E-state index is 12.4. The summed E-state index contributed by atoms with van der Waals surface area (Å²) in [5.74, 6) is -0.437. The highest BCUT2D eigenvalue weighted by molar-refractivity contribution is 9.10. The number of carbonyl (C=O) groups is 2. The Balaban J connectivity index is 2.47. The molecule has 0 aliphatic carbocycles. The van der Waals surface area contributed by atoms with Crippen LogP contribution >= 0.6 is 28.1 Å². The molecule has 0 unspecified atom stereocenters. The number of rotatable bonds is 4. The molecule has 0 saturated carbocycles. The molecular weight excluding hydrogens is 368 g/mol. The first-order valence-corrected chi connectivity index (χ1v) is 7.51. The van der Waals surface area contributed by atoms with E-state index in [-0.39, 0.29) is 17.2 Å². The van der Waals surface area contributed by atoms with Crippen LogP contribution in [0.4, 0.5) is 0 Å². The molecule has 0 atom stereocenters. The fraction of sp³-hybridized carbons (Fsp3) is 0.133. The highest BCUT2D eigenvalue weighted by Gasteiger charge is 2.32. The van der Waals surface area contributed by atoms with Crippen LogP contribution in [-0.2, 0) is 9.59 Å². The molecule has 2 amide bonds. The molecule has 1 aliphatic rings. The van der Waals surface area contributed by atoms with Crippen molar-refractivity contribution < 1.29 is 14.3 Å². The number of carbonyl (C=O) groups excluding carboxylic acids is 2. The third kappa shape index (κ3) is 3.26. The number of nitrogens with zero attached hydrogens (tertiary/aromatic N) is 1. The summed E-state index contributed by atoms with van der Waals surface area (Å²) < 4.78 is 6.05. The van der Waals surface area contributed by atoms with Crippen LogP contribution in [0.3, 0.4) is 0 Å². The van der Waals surface area contributed by atoms with E-state index in [9.17, 15) is 9.59 Å². The Labute approximate surface area is 141 Å². The number of benzene rings is 1. The summed E-state index contributed by atoms with van der Waals surface area (Å²) in [7, 11) is 1.52. The number of nitrogens with one attached hydrogen (secondary N) is 1. The summed E-state index contributed by atoms with van der Waals surface area (Å²) in [6.45, 7) is 3.81. The molecule has 0 bridgehead atoms. The van der Waals surface area contributed by atoms with E-state index in [0.717, 1.165) is 4.47 Å². The second-order valence-corrected chi connectivity index (χ2v) is 5.71. The lowest BCUT2D eigenvalue weighted by Gasteiger charge is -2.27. The highest BCUT2D eigenvalue weighted by Crippen LogP contribution is 2.26. The van der Waals surface area contributed by atoms with Crippen molar-refractivity contribution in [1.29, 1.82) is 0 Å². The Hall–Kier alpha value is -1.99. The van der Waals surface area contributed by atoms with Crippen molar-refractivity contribution in [3.8, 4) is 5.75 Å². The van der Waals surface area contributed by atoms with Gasteiger partial charge in [-0.2, -0.15) is 0 Å². The monoisotopic (exact) mass is 380 g/mol. The minimum absolute atomic E-state index is 0.00755. The van der Waals surface area contributed by atoms with Gasteiger partial charge in [-0.25, -0.2) is 0 Å². The molecule has 1 heterocycles. The predicted molar refractivity (Wildman–Crippen MR) is 91.3 cm³/mol. The third-order valence-electron chi connectivity index (χ3n) is 2.99. The van der Waals surface area contributed by atoms with Gasteiger partial charge in [-0.1, -0.05) is 22.0 Å². The fourth-order valence-corrected chi connectivity index (χ4v) is 2.59. The van der Waals surface area contributed by atoms with Gasteiger partial charge in [-0.05, 0) is 36.5 Å². The first-order chi connectivity index (χ1) is 10.5. The van der Waals surface area contributed by atoms with Crippen LogP contribution in [0.5, 0.6) is 5.75 Å². The SMILES string of the molecule is C=CCN1C(=O)/C(=C/c2cc(Br)ccc2OC)C(=O)NC1=S. The number of thiocarbonyl (C=S) groups is 1. The molecule has 1 saturated heterocycles. The van der Waals surface area contributed by atoms with Crippen molar-refractivity contribution >= 4 is 51.2 Å². The lowest BCUT2D eigenvalue weighted by atomic mass is 10.1. The maximum Gasteiger partial charge on any atom is 0.265 e. The smallest absolute Gasteiger partial charge is 0.265 e. The second-order valence-electron chi connectivity index (χ2n) is 4.41. The van der Waals surface area contributed by atoms with Crippen molar-refractivity contribution in [3.05, 3.63) is 46.5 Å². The first kappa shape index (κ1) is 16.4. The largest absolute Gasteiger partial charge is 0.496 e. The lowest BCUT2D eigenvalue weighted by Crippen LogP contribution is -2.53. The molecule has 1 N–H and O–H groups in total. The van der Waals surface area contributed by atoms with Gasteiger partial charge in [0.15, 0.2) is 5.11 Å².